The standard InChI is InChI=1S/C23H24N4O5/c1-14-13-26(9-10-27(14)22(29)15-7-5-4-6-8-15)23(30)20(28)16-11-24-19-18(16)17(31-2)12-25-21(19)32-3/h4-8,11-12,14,24H,9-10,13H2,1-3H3/t14-/m1/s1. The highest BCUT2D eigenvalue weighted by Gasteiger charge is 2.34. The van der Waals surface area contributed by atoms with Crippen molar-refractivity contribution in [3.8, 4) is 11.6 Å². The number of ketones is 1. The number of H-pyrrole nitrogens is 1. The first-order chi connectivity index (χ1) is 15.5. The number of benzene rings is 1. The van der Waals surface area contributed by atoms with Crippen molar-refractivity contribution in [2.45, 2.75) is 13.0 Å². The minimum absolute atomic E-state index is 0.0857. The number of Topliss-reactive ketones (excluding diaryl/α,β-unsaturated/α-hetero) is 1. The summed E-state index contributed by atoms with van der Waals surface area (Å²) in [5, 5.41) is 0.448. The second kappa shape index (κ2) is 8.70. The van der Waals surface area contributed by atoms with E-state index < -0.39 is 11.7 Å². The zero-order valence-corrected chi connectivity index (χ0v) is 18.1. The van der Waals surface area contributed by atoms with Gasteiger partial charge >= 0.3 is 0 Å². The number of nitrogens with one attached hydrogen (secondary N) is 1. The zero-order chi connectivity index (χ0) is 22.8. The molecule has 3 heterocycles. The van der Waals surface area contributed by atoms with Gasteiger partial charge < -0.3 is 24.3 Å². The van der Waals surface area contributed by atoms with Gasteiger partial charge in [0, 0.05) is 37.4 Å². The van der Waals surface area contributed by atoms with Crippen LogP contribution in [0.4, 0.5) is 0 Å². The molecule has 9 heteroatoms. The Bertz CT molecular complexity index is 1170. The Morgan fingerprint density at radius 3 is 2.50 bits per heavy atom. The molecular formula is C23H24N4O5. The van der Waals surface area contributed by atoms with Crippen molar-refractivity contribution in [2.24, 2.45) is 0 Å². The topological polar surface area (TPSA) is 105 Å². The van der Waals surface area contributed by atoms with Crippen molar-refractivity contribution in [3.63, 3.8) is 0 Å². The Balaban J connectivity index is 1.54. The smallest absolute Gasteiger partial charge is 0.295 e. The predicted molar refractivity (Wildman–Crippen MR) is 117 cm³/mol. The number of aromatic nitrogens is 2. The minimum atomic E-state index is -0.655. The maximum atomic E-state index is 13.1. The molecule has 2 aromatic heterocycles. The largest absolute Gasteiger partial charge is 0.494 e. The van der Waals surface area contributed by atoms with Crippen LogP contribution in [0.25, 0.3) is 10.9 Å². The number of nitrogens with zero attached hydrogens (tertiary/aromatic N) is 3. The number of amides is 2. The average Bonchev–Trinajstić information content (AvgIpc) is 3.28. The summed E-state index contributed by atoms with van der Waals surface area (Å²) in [6, 6.07) is 8.79. The fourth-order valence-corrected chi connectivity index (χ4v) is 4.03. The van der Waals surface area contributed by atoms with Crippen LogP contribution in [0.3, 0.4) is 0 Å². The van der Waals surface area contributed by atoms with Crippen molar-refractivity contribution < 1.29 is 23.9 Å². The number of pyridine rings is 1. The van der Waals surface area contributed by atoms with Gasteiger partial charge in [-0.1, -0.05) is 18.2 Å². The van der Waals surface area contributed by atoms with Crippen LogP contribution in [0, 0.1) is 0 Å². The molecule has 0 radical (unpaired) electrons. The monoisotopic (exact) mass is 436 g/mol. The number of carbonyl (C=O) groups is 3. The van der Waals surface area contributed by atoms with Gasteiger partial charge in [-0.3, -0.25) is 14.4 Å². The summed E-state index contributed by atoms with van der Waals surface area (Å²) >= 11 is 0. The number of fused-ring (bicyclic) bond motifs is 1. The number of rotatable bonds is 5. The highest BCUT2D eigenvalue weighted by atomic mass is 16.5. The van der Waals surface area contributed by atoms with Crippen molar-refractivity contribution >= 4 is 28.5 Å². The van der Waals surface area contributed by atoms with E-state index in [4.69, 9.17) is 9.47 Å². The first-order valence-electron chi connectivity index (χ1n) is 10.2. The Kier molecular flexibility index (Phi) is 5.81. The third-order valence-corrected chi connectivity index (χ3v) is 5.69. The molecule has 3 aromatic rings. The van der Waals surface area contributed by atoms with Crippen molar-refractivity contribution in [2.75, 3.05) is 33.9 Å². The molecule has 1 aliphatic rings. The summed E-state index contributed by atoms with van der Waals surface area (Å²) < 4.78 is 10.6. The molecule has 0 saturated carbocycles. The molecule has 4 rings (SSSR count). The Morgan fingerprint density at radius 2 is 1.84 bits per heavy atom. The summed E-state index contributed by atoms with van der Waals surface area (Å²) in [6.45, 7) is 2.77. The maximum Gasteiger partial charge on any atom is 0.295 e. The van der Waals surface area contributed by atoms with E-state index in [1.165, 1.54) is 31.5 Å². The Labute approximate surface area is 184 Å². The number of carbonyl (C=O) groups excluding carboxylic acids is 3. The van der Waals surface area contributed by atoms with E-state index in [2.05, 4.69) is 9.97 Å². The summed E-state index contributed by atoms with van der Waals surface area (Å²) in [5.41, 5.74) is 1.27. The van der Waals surface area contributed by atoms with Crippen LogP contribution in [0.15, 0.2) is 42.7 Å². The highest BCUT2D eigenvalue weighted by molar-refractivity contribution is 6.45. The molecule has 166 valence electrons. The molecule has 0 aliphatic carbocycles. The molecule has 1 aliphatic heterocycles. The Morgan fingerprint density at radius 1 is 1.09 bits per heavy atom. The first kappa shape index (κ1) is 21.4. The van der Waals surface area contributed by atoms with Gasteiger partial charge in [-0.2, -0.15) is 0 Å². The van der Waals surface area contributed by atoms with E-state index in [1.807, 2.05) is 25.1 Å². The van der Waals surface area contributed by atoms with E-state index in [9.17, 15) is 14.4 Å². The quantitative estimate of drug-likeness (QED) is 0.485. The van der Waals surface area contributed by atoms with Crippen molar-refractivity contribution in [3.05, 3.63) is 53.9 Å². The molecule has 1 aromatic carbocycles. The SMILES string of the molecule is COc1ncc(OC)c2c(C(=O)C(=O)N3CCN(C(=O)c4ccccc4)[C@H](C)C3)c[nH]c12. The second-order valence-electron chi connectivity index (χ2n) is 7.58. The van der Waals surface area contributed by atoms with E-state index in [1.54, 1.807) is 17.0 Å². The van der Waals surface area contributed by atoms with Gasteiger partial charge in [0.15, 0.2) is 0 Å². The molecule has 2 amide bonds. The lowest BCUT2D eigenvalue weighted by Gasteiger charge is -2.39. The lowest BCUT2D eigenvalue weighted by atomic mass is 10.1. The number of piperazine rings is 1. The van der Waals surface area contributed by atoms with Gasteiger partial charge in [0.05, 0.1) is 31.4 Å². The van der Waals surface area contributed by atoms with Gasteiger partial charge in [0.2, 0.25) is 5.88 Å². The number of hydrogen-bond acceptors (Lipinski definition) is 6. The maximum absolute atomic E-state index is 13.1. The average molecular weight is 436 g/mol. The number of hydrogen-bond donors (Lipinski definition) is 1. The number of methoxy groups -OCH3 is 2. The summed E-state index contributed by atoms with van der Waals surface area (Å²) in [7, 11) is 2.94. The lowest BCUT2D eigenvalue weighted by molar-refractivity contribution is -0.128. The Hall–Kier alpha value is -3.88. The molecule has 32 heavy (non-hydrogen) atoms. The molecule has 9 nitrogen and oxygen atoms in total. The predicted octanol–water partition coefficient (Wildman–Crippen LogP) is 2.14. The molecule has 0 bridgehead atoms. The van der Waals surface area contributed by atoms with E-state index in [0.29, 0.717) is 34.6 Å². The van der Waals surface area contributed by atoms with Crippen LogP contribution in [-0.4, -0.2) is 77.3 Å². The summed E-state index contributed by atoms with van der Waals surface area (Å²) in [6.07, 6.45) is 2.92. The molecule has 0 spiro atoms. The van der Waals surface area contributed by atoms with E-state index in [0.717, 1.165) is 0 Å². The van der Waals surface area contributed by atoms with Crippen LogP contribution in [-0.2, 0) is 4.79 Å². The second-order valence-corrected chi connectivity index (χ2v) is 7.58. The van der Waals surface area contributed by atoms with Crippen LogP contribution in [0.5, 0.6) is 11.6 Å². The van der Waals surface area contributed by atoms with Gasteiger partial charge in [-0.15, -0.1) is 0 Å². The zero-order valence-electron chi connectivity index (χ0n) is 18.1. The highest BCUT2D eigenvalue weighted by Crippen LogP contribution is 2.33. The van der Waals surface area contributed by atoms with Gasteiger partial charge in [-0.05, 0) is 19.1 Å². The third-order valence-electron chi connectivity index (χ3n) is 5.69. The molecular weight excluding hydrogens is 412 g/mol. The number of ether oxygens (including phenoxy) is 2. The molecule has 0 unspecified atom stereocenters. The van der Waals surface area contributed by atoms with Crippen LogP contribution >= 0.6 is 0 Å². The normalized spacial score (nSPS) is 16.2. The van der Waals surface area contributed by atoms with Crippen LogP contribution < -0.4 is 9.47 Å². The van der Waals surface area contributed by atoms with E-state index in [-0.39, 0.29) is 30.6 Å². The first-order valence-corrected chi connectivity index (χ1v) is 10.2. The fraction of sp³-hybridized carbons (Fsp3) is 0.304. The molecule has 1 saturated heterocycles. The van der Waals surface area contributed by atoms with Crippen molar-refractivity contribution in [1.29, 1.82) is 0 Å². The van der Waals surface area contributed by atoms with Crippen LogP contribution in [0.2, 0.25) is 0 Å². The summed E-state index contributed by atoms with van der Waals surface area (Å²) in [5.74, 6) is -0.698. The van der Waals surface area contributed by atoms with Crippen LogP contribution in [0.1, 0.15) is 27.6 Å². The third kappa shape index (κ3) is 3.66. The molecule has 1 atom stereocenters. The minimum Gasteiger partial charge on any atom is -0.494 e. The molecule has 1 N–H and O–H groups in total. The van der Waals surface area contributed by atoms with E-state index >= 15 is 0 Å². The fourth-order valence-electron chi connectivity index (χ4n) is 4.03. The number of aromatic amines is 1. The van der Waals surface area contributed by atoms with Crippen molar-refractivity contribution in [1.82, 2.24) is 19.8 Å². The lowest BCUT2D eigenvalue weighted by Crippen LogP contribution is -2.56. The molecule has 1 fully saturated rings. The van der Waals surface area contributed by atoms with Gasteiger partial charge in [0.25, 0.3) is 17.6 Å². The van der Waals surface area contributed by atoms with Gasteiger partial charge in [-0.25, -0.2) is 4.98 Å². The summed E-state index contributed by atoms with van der Waals surface area (Å²) in [4.78, 5) is 49.3. The van der Waals surface area contributed by atoms with Gasteiger partial charge in [0.1, 0.15) is 11.3 Å².